The summed E-state index contributed by atoms with van der Waals surface area (Å²) in [6, 6.07) is 11.5. The van der Waals surface area contributed by atoms with Crippen LogP contribution < -0.4 is 4.74 Å². The van der Waals surface area contributed by atoms with E-state index in [1.165, 1.54) is 0 Å². The van der Waals surface area contributed by atoms with Crippen LogP contribution in [0.1, 0.15) is 31.0 Å². The molecule has 19 heavy (non-hydrogen) atoms. The number of hydrogen-bond donors (Lipinski definition) is 1. The van der Waals surface area contributed by atoms with Gasteiger partial charge in [-0.05, 0) is 52.3 Å². The summed E-state index contributed by atoms with van der Waals surface area (Å²) in [5, 5.41) is 9.30. The molecular formula is C15H16INO2. The van der Waals surface area contributed by atoms with Crippen molar-refractivity contribution in [3.8, 4) is 11.6 Å². The minimum atomic E-state index is -0.00944. The summed E-state index contributed by atoms with van der Waals surface area (Å²) in [7, 11) is 0. The number of hydrogen-bond acceptors (Lipinski definition) is 3. The van der Waals surface area contributed by atoms with Gasteiger partial charge in [0.05, 0.1) is 10.2 Å². The third-order valence-corrected chi connectivity index (χ3v) is 3.60. The highest BCUT2D eigenvalue weighted by atomic mass is 127. The summed E-state index contributed by atoms with van der Waals surface area (Å²) in [5.41, 5.74) is 1.74. The molecule has 100 valence electrons. The van der Waals surface area contributed by atoms with Gasteiger partial charge in [0.1, 0.15) is 5.75 Å². The van der Waals surface area contributed by atoms with Gasteiger partial charge in [0.2, 0.25) is 5.88 Å². The van der Waals surface area contributed by atoms with Gasteiger partial charge in [-0.25, -0.2) is 4.98 Å². The van der Waals surface area contributed by atoms with Crippen LogP contribution in [0.5, 0.6) is 11.6 Å². The molecule has 0 atom stereocenters. The number of aliphatic hydroxyl groups excluding tert-OH is 1. The van der Waals surface area contributed by atoms with E-state index in [-0.39, 0.29) is 6.61 Å². The molecule has 0 saturated carbocycles. The maximum atomic E-state index is 9.30. The van der Waals surface area contributed by atoms with E-state index in [4.69, 9.17) is 4.74 Å². The molecule has 0 aliphatic carbocycles. The Hall–Kier alpha value is -1.14. The Bertz CT molecular complexity index is 570. The third-order valence-electron chi connectivity index (χ3n) is 2.71. The van der Waals surface area contributed by atoms with Crippen molar-refractivity contribution in [1.29, 1.82) is 0 Å². The summed E-state index contributed by atoms with van der Waals surface area (Å²) in [6.07, 6.45) is 0. The first kappa shape index (κ1) is 14.3. The minimum Gasteiger partial charge on any atom is -0.438 e. The van der Waals surface area contributed by atoms with Crippen LogP contribution >= 0.6 is 22.6 Å². The highest BCUT2D eigenvalue weighted by Gasteiger charge is 2.09. The van der Waals surface area contributed by atoms with Crippen molar-refractivity contribution < 1.29 is 9.84 Å². The van der Waals surface area contributed by atoms with Crippen molar-refractivity contribution in [2.24, 2.45) is 0 Å². The molecule has 0 bridgehead atoms. The van der Waals surface area contributed by atoms with Crippen molar-refractivity contribution >= 4 is 22.6 Å². The van der Waals surface area contributed by atoms with Crippen LogP contribution in [-0.2, 0) is 6.61 Å². The van der Waals surface area contributed by atoms with E-state index in [1.807, 2.05) is 30.3 Å². The first-order chi connectivity index (χ1) is 9.10. The molecule has 1 aromatic heterocycles. The van der Waals surface area contributed by atoms with Crippen molar-refractivity contribution in [3.05, 3.63) is 51.2 Å². The highest BCUT2D eigenvalue weighted by Crippen LogP contribution is 2.27. The predicted molar refractivity (Wildman–Crippen MR) is 83.5 cm³/mol. The molecule has 0 aliphatic rings. The van der Waals surface area contributed by atoms with Crippen LogP contribution in [0.25, 0.3) is 0 Å². The first-order valence-electron chi connectivity index (χ1n) is 6.14. The number of rotatable bonds is 4. The Morgan fingerprint density at radius 1 is 1.26 bits per heavy atom. The predicted octanol–water partition coefficient (Wildman–Crippen LogP) is 4.09. The van der Waals surface area contributed by atoms with Crippen LogP contribution in [-0.4, -0.2) is 10.1 Å². The number of nitrogens with zero attached hydrogens (tertiary/aromatic N) is 1. The second kappa shape index (κ2) is 6.34. The van der Waals surface area contributed by atoms with Crippen LogP contribution in [0, 0.1) is 3.57 Å². The van der Waals surface area contributed by atoms with Crippen molar-refractivity contribution in [2.75, 3.05) is 0 Å². The average Bonchev–Trinajstić information content (AvgIpc) is 2.41. The second-order valence-electron chi connectivity index (χ2n) is 4.58. The van der Waals surface area contributed by atoms with Crippen LogP contribution in [0.4, 0.5) is 0 Å². The topological polar surface area (TPSA) is 42.4 Å². The quantitative estimate of drug-likeness (QED) is 0.826. The van der Waals surface area contributed by atoms with E-state index in [0.717, 1.165) is 20.6 Å². The van der Waals surface area contributed by atoms with Crippen LogP contribution in [0.3, 0.4) is 0 Å². The number of ether oxygens (including phenoxy) is 1. The Morgan fingerprint density at radius 2 is 2.00 bits per heavy atom. The van der Waals surface area contributed by atoms with Crippen molar-refractivity contribution in [3.63, 3.8) is 0 Å². The standard InChI is InChI=1S/C15H16INO2/c1-10(2)13-7-11(9-18)8-15(17-13)19-14-6-4-3-5-12(14)16/h3-8,10,18H,9H2,1-2H3. The van der Waals surface area contributed by atoms with Gasteiger partial charge in [0.15, 0.2) is 0 Å². The van der Waals surface area contributed by atoms with Gasteiger partial charge in [-0.3, -0.25) is 0 Å². The fourth-order valence-corrected chi connectivity index (χ4v) is 2.16. The van der Waals surface area contributed by atoms with E-state index >= 15 is 0 Å². The van der Waals surface area contributed by atoms with Gasteiger partial charge < -0.3 is 9.84 Å². The molecule has 1 heterocycles. The van der Waals surface area contributed by atoms with Crippen LogP contribution in [0.2, 0.25) is 0 Å². The molecule has 0 radical (unpaired) electrons. The Balaban J connectivity index is 2.34. The van der Waals surface area contributed by atoms with Crippen LogP contribution in [0.15, 0.2) is 36.4 Å². The summed E-state index contributed by atoms with van der Waals surface area (Å²) in [4.78, 5) is 4.48. The summed E-state index contributed by atoms with van der Waals surface area (Å²) < 4.78 is 6.84. The molecule has 2 rings (SSSR count). The van der Waals surface area contributed by atoms with Crippen molar-refractivity contribution in [2.45, 2.75) is 26.4 Å². The number of aliphatic hydroxyl groups is 1. The fraction of sp³-hybridized carbons (Fsp3) is 0.267. The van der Waals surface area contributed by atoms with Gasteiger partial charge in [0, 0.05) is 11.8 Å². The summed E-state index contributed by atoms with van der Waals surface area (Å²) >= 11 is 2.23. The van der Waals surface area contributed by atoms with E-state index in [0.29, 0.717) is 11.8 Å². The molecular weight excluding hydrogens is 353 g/mol. The molecule has 1 N–H and O–H groups in total. The lowest BCUT2D eigenvalue weighted by atomic mass is 10.1. The van der Waals surface area contributed by atoms with Gasteiger partial charge in [-0.15, -0.1) is 0 Å². The van der Waals surface area contributed by atoms with E-state index in [1.54, 1.807) is 6.07 Å². The van der Waals surface area contributed by atoms with E-state index < -0.39 is 0 Å². The summed E-state index contributed by atoms with van der Waals surface area (Å²) in [6.45, 7) is 4.13. The Kier molecular flexibility index (Phi) is 4.76. The Labute approximate surface area is 126 Å². The number of benzene rings is 1. The molecule has 1 aromatic carbocycles. The lowest BCUT2D eigenvalue weighted by molar-refractivity contribution is 0.280. The molecule has 4 heteroatoms. The SMILES string of the molecule is CC(C)c1cc(CO)cc(Oc2ccccc2I)n1. The molecule has 0 fully saturated rings. The lowest BCUT2D eigenvalue weighted by Gasteiger charge is -2.11. The number of pyridine rings is 1. The monoisotopic (exact) mass is 369 g/mol. The normalized spacial score (nSPS) is 10.8. The molecule has 2 aromatic rings. The smallest absolute Gasteiger partial charge is 0.219 e. The largest absolute Gasteiger partial charge is 0.438 e. The molecule has 0 saturated heterocycles. The van der Waals surface area contributed by atoms with E-state index in [2.05, 4.69) is 41.4 Å². The molecule has 3 nitrogen and oxygen atoms in total. The van der Waals surface area contributed by atoms with Gasteiger partial charge >= 0.3 is 0 Å². The van der Waals surface area contributed by atoms with Crippen molar-refractivity contribution in [1.82, 2.24) is 4.98 Å². The van der Waals surface area contributed by atoms with E-state index in [9.17, 15) is 5.11 Å². The second-order valence-corrected chi connectivity index (χ2v) is 5.75. The molecule has 0 unspecified atom stereocenters. The lowest BCUT2D eigenvalue weighted by Crippen LogP contribution is -1.99. The average molecular weight is 369 g/mol. The zero-order valence-electron chi connectivity index (χ0n) is 10.9. The highest BCUT2D eigenvalue weighted by molar-refractivity contribution is 14.1. The number of halogens is 1. The molecule has 0 aliphatic heterocycles. The minimum absolute atomic E-state index is 0.00944. The van der Waals surface area contributed by atoms with Gasteiger partial charge in [-0.2, -0.15) is 0 Å². The third kappa shape index (κ3) is 3.67. The summed E-state index contributed by atoms with van der Waals surface area (Å²) in [5.74, 6) is 1.60. The maximum Gasteiger partial charge on any atom is 0.219 e. The first-order valence-corrected chi connectivity index (χ1v) is 7.22. The molecule has 0 amide bonds. The van der Waals surface area contributed by atoms with Gasteiger partial charge in [0.25, 0.3) is 0 Å². The van der Waals surface area contributed by atoms with Gasteiger partial charge in [-0.1, -0.05) is 26.0 Å². The fourth-order valence-electron chi connectivity index (χ4n) is 1.66. The number of para-hydroxylation sites is 1. The zero-order chi connectivity index (χ0) is 13.8. The molecule has 0 spiro atoms. The zero-order valence-corrected chi connectivity index (χ0v) is 13.1. The maximum absolute atomic E-state index is 9.30. The Morgan fingerprint density at radius 3 is 2.63 bits per heavy atom. The number of aromatic nitrogens is 1.